The van der Waals surface area contributed by atoms with E-state index in [4.69, 9.17) is 11.6 Å². The van der Waals surface area contributed by atoms with Crippen molar-refractivity contribution in [3.63, 3.8) is 0 Å². The number of nitrogens with one attached hydrogen (secondary N) is 1. The molecule has 0 saturated heterocycles. The van der Waals surface area contributed by atoms with E-state index in [0.29, 0.717) is 4.47 Å². The summed E-state index contributed by atoms with van der Waals surface area (Å²) in [4.78, 5) is 25.8. The predicted molar refractivity (Wildman–Crippen MR) is 55.1 cm³/mol. The Bertz CT molecular complexity index is 395. The lowest BCUT2D eigenvalue weighted by Crippen LogP contribution is -2.28. The first-order valence-corrected chi connectivity index (χ1v) is 4.81. The highest BCUT2D eigenvalue weighted by molar-refractivity contribution is 9.10. The van der Waals surface area contributed by atoms with Crippen LogP contribution >= 0.6 is 27.5 Å². The molecule has 1 aromatic heterocycles. The van der Waals surface area contributed by atoms with Crippen molar-refractivity contribution in [2.45, 2.75) is 6.92 Å². The molecule has 0 aliphatic carbocycles. The fourth-order valence-corrected chi connectivity index (χ4v) is 1.37. The maximum Gasteiger partial charge on any atom is 0.259 e. The summed E-state index contributed by atoms with van der Waals surface area (Å²) in [5.74, 6) is -0.927. The molecule has 0 aromatic carbocycles. The van der Waals surface area contributed by atoms with Gasteiger partial charge in [-0.1, -0.05) is 11.6 Å². The monoisotopic (exact) mass is 276 g/mol. The lowest BCUT2D eigenvalue weighted by atomic mass is 10.2. The Hall–Kier alpha value is -0.940. The number of halogens is 2. The Morgan fingerprint density at radius 1 is 1.57 bits per heavy atom. The van der Waals surface area contributed by atoms with E-state index in [1.165, 1.54) is 19.2 Å². The van der Waals surface area contributed by atoms with Crippen molar-refractivity contribution >= 4 is 39.3 Å². The minimum absolute atomic E-state index is 0.196. The predicted octanol–water partition coefficient (Wildman–Crippen LogP) is 1.77. The molecule has 2 amide bonds. The molecule has 4 nitrogen and oxygen atoms in total. The smallest absolute Gasteiger partial charge is 0.259 e. The number of carbonyl (C=O) groups excluding carboxylic acids is 2. The normalized spacial score (nSPS) is 9.64. The van der Waals surface area contributed by atoms with Crippen molar-refractivity contribution < 1.29 is 9.59 Å². The zero-order chi connectivity index (χ0) is 10.7. The van der Waals surface area contributed by atoms with Crippen molar-refractivity contribution in [3.8, 4) is 0 Å². The maximum absolute atomic E-state index is 11.4. The standard InChI is InChI=1S/C8H6BrClN2O2/c1-4(13)12-8(14)5-2-7(10)11-3-6(5)9/h2-3H,1H3,(H,12,13,14). The highest BCUT2D eigenvalue weighted by Gasteiger charge is 2.12. The fourth-order valence-electron chi connectivity index (χ4n) is 0.814. The van der Waals surface area contributed by atoms with Crippen LogP contribution in [0.2, 0.25) is 5.15 Å². The van der Waals surface area contributed by atoms with E-state index in [1.54, 1.807) is 0 Å². The van der Waals surface area contributed by atoms with Crippen LogP contribution in [0, 0.1) is 0 Å². The first kappa shape index (κ1) is 11.1. The van der Waals surface area contributed by atoms with Gasteiger partial charge in [0, 0.05) is 17.6 Å². The van der Waals surface area contributed by atoms with Crippen molar-refractivity contribution in [3.05, 3.63) is 27.5 Å². The molecule has 6 heteroatoms. The van der Waals surface area contributed by atoms with Crippen LogP contribution in [-0.4, -0.2) is 16.8 Å². The molecule has 1 aromatic rings. The number of pyridine rings is 1. The van der Waals surface area contributed by atoms with Gasteiger partial charge < -0.3 is 0 Å². The number of hydrogen-bond acceptors (Lipinski definition) is 3. The summed E-state index contributed by atoms with van der Waals surface area (Å²) < 4.78 is 0.487. The molecule has 0 aliphatic rings. The zero-order valence-corrected chi connectivity index (χ0v) is 9.52. The summed E-state index contributed by atoms with van der Waals surface area (Å²) in [6.45, 7) is 1.26. The van der Waals surface area contributed by atoms with E-state index in [0.717, 1.165) is 0 Å². The largest absolute Gasteiger partial charge is 0.293 e. The van der Waals surface area contributed by atoms with Crippen molar-refractivity contribution in [2.75, 3.05) is 0 Å². The van der Waals surface area contributed by atoms with E-state index in [2.05, 4.69) is 26.2 Å². The molecule has 1 heterocycles. The summed E-state index contributed by atoms with van der Waals surface area (Å²) in [7, 11) is 0. The van der Waals surface area contributed by atoms with Crippen LogP contribution in [0.4, 0.5) is 0 Å². The van der Waals surface area contributed by atoms with E-state index >= 15 is 0 Å². The summed E-state index contributed by atoms with van der Waals surface area (Å²) in [6, 6.07) is 1.38. The van der Waals surface area contributed by atoms with E-state index in [9.17, 15) is 9.59 Å². The van der Waals surface area contributed by atoms with Gasteiger partial charge in [0.05, 0.1) is 5.56 Å². The molecular weight excluding hydrogens is 271 g/mol. The van der Waals surface area contributed by atoms with Gasteiger partial charge in [-0.2, -0.15) is 0 Å². The molecule has 1 rings (SSSR count). The molecule has 1 N–H and O–H groups in total. The van der Waals surface area contributed by atoms with E-state index in [1.807, 2.05) is 0 Å². The lowest BCUT2D eigenvalue weighted by molar-refractivity contribution is -0.118. The maximum atomic E-state index is 11.4. The topological polar surface area (TPSA) is 59.1 Å². The summed E-state index contributed by atoms with van der Waals surface area (Å²) in [5.41, 5.74) is 0.278. The lowest BCUT2D eigenvalue weighted by Gasteiger charge is -2.03. The minimum Gasteiger partial charge on any atom is -0.293 e. The molecule has 0 saturated carbocycles. The fraction of sp³-hybridized carbons (Fsp3) is 0.125. The summed E-state index contributed by atoms with van der Waals surface area (Å²) in [6.07, 6.45) is 1.40. The van der Waals surface area contributed by atoms with Crippen molar-refractivity contribution in [1.82, 2.24) is 10.3 Å². The molecule has 0 radical (unpaired) electrons. The number of aromatic nitrogens is 1. The number of nitrogens with zero attached hydrogens (tertiary/aromatic N) is 1. The van der Waals surface area contributed by atoms with Crippen LogP contribution in [0.1, 0.15) is 17.3 Å². The number of amides is 2. The van der Waals surface area contributed by atoms with Gasteiger partial charge in [0.15, 0.2) is 0 Å². The molecule has 14 heavy (non-hydrogen) atoms. The van der Waals surface area contributed by atoms with Crippen LogP contribution in [0.5, 0.6) is 0 Å². The van der Waals surface area contributed by atoms with Crippen LogP contribution in [0.25, 0.3) is 0 Å². The van der Waals surface area contributed by atoms with Gasteiger partial charge in [0.2, 0.25) is 5.91 Å². The zero-order valence-electron chi connectivity index (χ0n) is 7.17. The molecule has 0 atom stereocenters. The Labute approximate surface area is 93.8 Å². The second kappa shape index (κ2) is 4.52. The molecule has 0 unspecified atom stereocenters. The Morgan fingerprint density at radius 2 is 2.21 bits per heavy atom. The van der Waals surface area contributed by atoms with Crippen molar-refractivity contribution in [2.24, 2.45) is 0 Å². The minimum atomic E-state index is -0.506. The number of hydrogen-bond donors (Lipinski definition) is 1. The Kier molecular flexibility index (Phi) is 3.60. The first-order valence-electron chi connectivity index (χ1n) is 3.63. The third-order valence-electron chi connectivity index (χ3n) is 1.36. The third-order valence-corrected chi connectivity index (χ3v) is 2.19. The SMILES string of the molecule is CC(=O)NC(=O)c1cc(Cl)ncc1Br. The summed E-state index contributed by atoms with van der Waals surface area (Å²) in [5, 5.41) is 2.33. The molecule has 74 valence electrons. The van der Waals surface area contributed by atoms with Gasteiger partial charge in [0.1, 0.15) is 5.15 Å². The van der Waals surface area contributed by atoms with E-state index in [-0.39, 0.29) is 10.7 Å². The Morgan fingerprint density at radius 3 is 2.79 bits per heavy atom. The first-order chi connectivity index (χ1) is 6.50. The number of imide groups is 1. The molecule has 0 spiro atoms. The average molecular weight is 278 g/mol. The van der Waals surface area contributed by atoms with Gasteiger partial charge in [-0.3, -0.25) is 14.9 Å². The number of rotatable bonds is 1. The highest BCUT2D eigenvalue weighted by Crippen LogP contribution is 2.18. The highest BCUT2D eigenvalue weighted by atomic mass is 79.9. The van der Waals surface area contributed by atoms with Gasteiger partial charge in [0.25, 0.3) is 5.91 Å². The van der Waals surface area contributed by atoms with Crippen molar-refractivity contribution in [1.29, 1.82) is 0 Å². The molecule has 0 fully saturated rings. The van der Waals surface area contributed by atoms with Gasteiger partial charge >= 0.3 is 0 Å². The summed E-state index contributed by atoms with van der Waals surface area (Å²) >= 11 is 8.73. The van der Waals surface area contributed by atoms with E-state index < -0.39 is 11.8 Å². The second-order valence-corrected chi connectivity index (χ2v) is 3.74. The average Bonchev–Trinajstić information content (AvgIpc) is 2.08. The number of carbonyl (C=O) groups is 2. The van der Waals surface area contributed by atoms with Gasteiger partial charge in [-0.15, -0.1) is 0 Å². The molecular formula is C8H6BrClN2O2. The molecule has 0 aliphatic heterocycles. The van der Waals surface area contributed by atoms with Gasteiger partial charge in [-0.25, -0.2) is 4.98 Å². The quantitative estimate of drug-likeness (QED) is 0.796. The van der Waals surface area contributed by atoms with Crippen LogP contribution in [0.3, 0.4) is 0 Å². The van der Waals surface area contributed by atoms with Crippen LogP contribution < -0.4 is 5.32 Å². The molecule has 0 bridgehead atoms. The van der Waals surface area contributed by atoms with Crippen LogP contribution in [-0.2, 0) is 4.79 Å². The second-order valence-electron chi connectivity index (χ2n) is 2.50. The Balaban J connectivity index is 3.00. The van der Waals surface area contributed by atoms with Crippen LogP contribution in [0.15, 0.2) is 16.7 Å². The third kappa shape index (κ3) is 2.78. The van der Waals surface area contributed by atoms with Gasteiger partial charge in [-0.05, 0) is 22.0 Å².